The molecule has 3 atom stereocenters. The highest BCUT2D eigenvalue weighted by Gasteiger charge is 2.56. The van der Waals surface area contributed by atoms with Gasteiger partial charge in [0.15, 0.2) is 0 Å². The van der Waals surface area contributed by atoms with Crippen LogP contribution in [0, 0.1) is 17.8 Å². The van der Waals surface area contributed by atoms with Gasteiger partial charge in [-0.25, -0.2) is 0 Å². The van der Waals surface area contributed by atoms with Crippen LogP contribution >= 0.6 is 11.6 Å². The minimum Gasteiger partial charge on any atom is -0.388 e. The van der Waals surface area contributed by atoms with Gasteiger partial charge < -0.3 is 5.11 Å². The van der Waals surface area contributed by atoms with E-state index >= 15 is 0 Å². The lowest BCUT2D eigenvalue weighted by Gasteiger charge is -2.16. The summed E-state index contributed by atoms with van der Waals surface area (Å²) in [6, 6.07) is 12.0. The zero-order valence-corrected chi connectivity index (χ0v) is 11.5. The van der Waals surface area contributed by atoms with Crippen molar-refractivity contribution >= 4 is 22.4 Å². The molecule has 4 rings (SSSR count). The zero-order valence-electron chi connectivity index (χ0n) is 10.7. The van der Waals surface area contributed by atoms with Crippen LogP contribution in [0.1, 0.15) is 30.9 Å². The van der Waals surface area contributed by atoms with Gasteiger partial charge >= 0.3 is 0 Å². The van der Waals surface area contributed by atoms with E-state index in [1.165, 1.54) is 19.3 Å². The maximum atomic E-state index is 10.7. The number of hydrogen-bond donors (Lipinski definition) is 1. The standard InChI is InChI=1S/C17H17ClO/c18-15-9-8-14(10-4-1-2-5-11(10)15)17(19)16-12-6-3-7-13(12)16/h1-2,4-5,8-9,12-13,16-17,19H,3,6-7H2. The highest BCUT2D eigenvalue weighted by Crippen LogP contribution is 2.62. The van der Waals surface area contributed by atoms with Crippen LogP contribution in [0.25, 0.3) is 10.8 Å². The SMILES string of the molecule is OC(c1ccc(Cl)c2ccccc12)C1C2CCCC21. The monoisotopic (exact) mass is 272 g/mol. The van der Waals surface area contributed by atoms with Gasteiger partial charge in [0.2, 0.25) is 0 Å². The Morgan fingerprint density at radius 3 is 2.42 bits per heavy atom. The fourth-order valence-electron chi connectivity index (χ4n) is 4.10. The number of halogens is 1. The van der Waals surface area contributed by atoms with E-state index in [-0.39, 0.29) is 6.10 Å². The molecular formula is C17H17ClO. The first-order valence-corrected chi connectivity index (χ1v) is 7.50. The summed E-state index contributed by atoms with van der Waals surface area (Å²) in [6.07, 6.45) is 3.63. The lowest BCUT2D eigenvalue weighted by atomic mass is 9.95. The highest BCUT2D eigenvalue weighted by molar-refractivity contribution is 6.35. The Labute approximate surface area is 118 Å². The molecule has 98 valence electrons. The summed E-state index contributed by atoms with van der Waals surface area (Å²) in [4.78, 5) is 0. The fourth-order valence-corrected chi connectivity index (χ4v) is 4.32. The molecule has 0 aromatic heterocycles. The van der Waals surface area contributed by atoms with Gasteiger partial charge in [-0.1, -0.05) is 48.4 Å². The van der Waals surface area contributed by atoms with E-state index < -0.39 is 0 Å². The predicted octanol–water partition coefficient (Wildman–Crippen LogP) is 4.57. The second kappa shape index (κ2) is 4.22. The van der Waals surface area contributed by atoms with Crippen molar-refractivity contribution in [3.05, 3.63) is 47.0 Å². The minimum absolute atomic E-state index is 0.322. The molecule has 2 aliphatic rings. The van der Waals surface area contributed by atoms with E-state index in [1.807, 2.05) is 30.3 Å². The van der Waals surface area contributed by atoms with Crippen molar-refractivity contribution < 1.29 is 5.11 Å². The quantitative estimate of drug-likeness (QED) is 0.849. The van der Waals surface area contributed by atoms with E-state index in [4.69, 9.17) is 11.6 Å². The van der Waals surface area contributed by atoms with Gasteiger partial charge in [0.1, 0.15) is 0 Å². The summed E-state index contributed by atoms with van der Waals surface area (Å²) in [7, 11) is 0. The molecule has 2 saturated carbocycles. The van der Waals surface area contributed by atoms with Gasteiger partial charge in [-0.2, -0.15) is 0 Å². The number of benzene rings is 2. The second-order valence-electron chi connectivity index (χ2n) is 5.96. The van der Waals surface area contributed by atoms with Crippen molar-refractivity contribution in [2.24, 2.45) is 17.8 Å². The van der Waals surface area contributed by atoms with Gasteiger partial charge in [0.25, 0.3) is 0 Å². The lowest BCUT2D eigenvalue weighted by Crippen LogP contribution is -2.05. The molecule has 19 heavy (non-hydrogen) atoms. The molecule has 2 aromatic carbocycles. The van der Waals surface area contributed by atoms with E-state index in [2.05, 4.69) is 6.07 Å². The largest absolute Gasteiger partial charge is 0.388 e. The topological polar surface area (TPSA) is 20.2 Å². The van der Waals surface area contributed by atoms with Crippen molar-refractivity contribution in [3.8, 4) is 0 Å². The van der Waals surface area contributed by atoms with Crippen LogP contribution in [0.3, 0.4) is 0 Å². The smallest absolute Gasteiger partial charge is 0.0829 e. The van der Waals surface area contributed by atoms with Crippen LogP contribution in [0.5, 0.6) is 0 Å². The Morgan fingerprint density at radius 1 is 1.00 bits per heavy atom. The number of rotatable bonds is 2. The average molecular weight is 273 g/mol. The van der Waals surface area contributed by atoms with Crippen molar-refractivity contribution in [2.45, 2.75) is 25.4 Å². The Morgan fingerprint density at radius 2 is 1.68 bits per heavy atom. The van der Waals surface area contributed by atoms with Gasteiger partial charge in [-0.05, 0) is 47.6 Å². The molecule has 0 radical (unpaired) electrons. The van der Waals surface area contributed by atoms with Gasteiger partial charge in [-0.15, -0.1) is 0 Å². The van der Waals surface area contributed by atoms with Crippen LogP contribution in [-0.4, -0.2) is 5.11 Å². The molecule has 0 aliphatic heterocycles. The number of aliphatic hydroxyl groups is 1. The molecule has 2 fully saturated rings. The molecular weight excluding hydrogens is 256 g/mol. The first-order valence-electron chi connectivity index (χ1n) is 7.12. The first-order chi connectivity index (χ1) is 9.27. The Kier molecular flexibility index (Phi) is 2.61. The van der Waals surface area contributed by atoms with Crippen molar-refractivity contribution in [1.29, 1.82) is 0 Å². The lowest BCUT2D eigenvalue weighted by molar-refractivity contribution is 0.138. The molecule has 3 unspecified atom stereocenters. The average Bonchev–Trinajstić information content (AvgIpc) is 2.92. The fraction of sp³-hybridized carbons (Fsp3) is 0.412. The molecule has 2 heteroatoms. The third-order valence-electron chi connectivity index (χ3n) is 5.06. The van der Waals surface area contributed by atoms with Crippen LogP contribution in [-0.2, 0) is 0 Å². The van der Waals surface area contributed by atoms with Gasteiger partial charge in [0, 0.05) is 10.4 Å². The summed E-state index contributed by atoms with van der Waals surface area (Å²) in [5.41, 5.74) is 1.06. The van der Waals surface area contributed by atoms with Crippen LogP contribution in [0.4, 0.5) is 0 Å². The summed E-state index contributed by atoms with van der Waals surface area (Å²) in [5, 5.41) is 13.6. The zero-order chi connectivity index (χ0) is 13.0. The molecule has 0 amide bonds. The predicted molar refractivity (Wildman–Crippen MR) is 78.2 cm³/mol. The maximum absolute atomic E-state index is 10.7. The number of aliphatic hydroxyl groups excluding tert-OH is 1. The molecule has 0 heterocycles. The molecule has 0 spiro atoms. The Balaban J connectivity index is 1.77. The first kappa shape index (κ1) is 11.7. The van der Waals surface area contributed by atoms with Crippen molar-refractivity contribution in [3.63, 3.8) is 0 Å². The molecule has 1 N–H and O–H groups in total. The molecule has 1 nitrogen and oxygen atoms in total. The van der Waals surface area contributed by atoms with Crippen molar-refractivity contribution in [2.75, 3.05) is 0 Å². The molecule has 0 saturated heterocycles. The van der Waals surface area contributed by atoms with Crippen LogP contribution in [0.15, 0.2) is 36.4 Å². The second-order valence-corrected chi connectivity index (χ2v) is 6.37. The Bertz CT molecular complexity index is 626. The molecule has 2 aliphatic carbocycles. The normalized spacial score (nSPS) is 30.3. The number of hydrogen-bond acceptors (Lipinski definition) is 1. The van der Waals surface area contributed by atoms with Crippen molar-refractivity contribution in [1.82, 2.24) is 0 Å². The summed E-state index contributed by atoms with van der Waals surface area (Å²) in [6.45, 7) is 0. The van der Waals surface area contributed by atoms with E-state index in [0.717, 1.165) is 33.2 Å². The van der Waals surface area contributed by atoms with Crippen LogP contribution < -0.4 is 0 Å². The maximum Gasteiger partial charge on any atom is 0.0829 e. The summed E-state index contributed by atoms with van der Waals surface area (Å²) < 4.78 is 0. The van der Waals surface area contributed by atoms with E-state index in [9.17, 15) is 5.11 Å². The molecule has 0 bridgehead atoms. The van der Waals surface area contributed by atoms with Crippen LogP contribution in [0.2, 0.25) is 5.02 Å². The summed E-state index contributed by atoms with van der Waals surface area (Å²) >= 11 is 6.24. The van der Waals surface area contributed by atoms with Gasteiger partial charge in [0.05, 0.1) is 6.10 Å². The third kappa shape index (κ3) is 1.72. The molecule has 2 aromatic rings. The van der Waals surface area contributed by atoms with E-state index in [0.29, 0.717) is 5.92 Å². The summed E-state index contributed by atoms with van der Waals surface area (Å²) in [5.74, 6) is 2.02. The number of fused-ring (bicyclic) bond motifs is 2. The van der Waals surface area contributed by atoms with Gasteiger partial charge in [-0.3, -0.25) is 0 Å². The third-order valence-corrected chi connectivity index (χ3v) is 5.39. The minimum atomic E-state index is -0.322. The highest BCUT2D eigenvalue weighted by atomic mass is 35.5. The Hall–Kier alpha value is -1.05. The van der Waals surface area contributed by atoms with E-state index in [1.54, 1.807) is 0 Å².